The highest BCUT2D eigenvalue weighted by molar-refractivity contribution is 6.06. The van der Waals surface area contributed by atoms with Gasteiger partial charge >= 0.3 is 0 Å². The Labute approximate surface area is 149 Å². The van der Waals surface area contributed by atoms with Crippen LogP contribution in [0, 0.1) is 11.6 Å². The Kier molecular flexibility index (Phi) is 4.13. The quantitative estimate of drug-likeness (QED) is 0.728. The summed E-state index contributed by atoms with van der Waals surface area (Å²) in [4.78, 5) is 14.6. The number of carbonyl (C=O) groups is 1. The third kappa shape index (κ3) is 2.81. The van der Waals surface area contributed by atoms with Crippen LogP contribution in [0.2, 0.25) is 0 Å². The Morgan fingerprint density at radius 1 is 0.885 bits per heavy atom. The molecule has 3 aromatic rings. The standard InChI is InChI=1S/C21H16F2N2O/c22-16-8-5-7-15(20(16)23)21(26)24-17-9-2-4-11-19(17)25-13-12-14-6-1-3-10-18(14)25/h1-11H,12-13H2,(H,24,26). The lowest BCUT2D eigenvalue weighted by atomic mass is 10.1. The molecular weight excluding hydrogens is 334 g/mol. The van der Waals surface area contributed by atoms with Crippen molar-refractivity contribution in [3.8, 4) is 0 Å². The molecule has 130 valence electrons. The number of carbonyl (C=O) groups excluding carboxylic acids is 1. The van der Waals surface area contributed by atoms with Crippen molar-refractivity contribution in [1.29, 1.82) is 0 Å². The predicted octanol–water partition coefficient (Wildman–Crippen LogP) is 4.91. The molecule has 0 atom stereocenters. The molecule has 3 aromatic carbocycles. The van der Waals surface area contributed by atoms with E-state index in [-0.39, 0.29) is 5.56 Å². The Morgan fingerprint density at radius 2 is 1.62 bits per heavy atom. The van der Waals surface area contributed by atoms with Gasteiger partial charge in [-0.2, -0.15) is 0 Å². The summed E-state index contributed by atoms with van der Waals surface area (Å²) >= 11 is 0. The van der Waals surface area contributed by atoms with Crippen molar-refractivity contribution in [3.63, 3.8) is 0 Å². The predicted molar refractivity (Wildman–Crippen MR) is 97.9 cm³/mol. The molecule has 0 saturated heterocycles. The van der Waals surface area contributed by atoms with Crippen LogP contribution >= 0.6 is 0 Å². The van der Waals surface area contributed by atoms with Gasteiger partial charge < -0.3 is 10.2 Å². The van der Waals surface area contributed by atoms with Crippen LogP contribution in [0.5, 0.6) is 0 Å². The molecule has 26 heavy (non-hydrogen) atoms. The number of nitrogens with zero attached hydrogens (tertiary/aromatic N) is 1. The minimum absolute atomic E-state index is 0.318. The van der Waals surface area contributed by atoms with Gasteiger partial charge in [-0.05, 0) is 42.3 Å². The van der Waals surface area contributed by atoms with Gasteiger partial charge in [0.25, 0.3) is 5.91 Å². The van der Waals surface area contributed by atoms with Gasteiger partial charge in [0.05, 0.1) is 16.9 Å². The smallest absolute Gasteiger partial charge is 0.258 e. The first kappa shape index (κ1) is 16.3. The van der Waals surface area contributed by atoms with Crippen LogP contribution in [-0.2, 0) is 6.42 Å². The summed E-state index contributed by atoms with van der Waals surface area (Å²) in [7, 11) is 0. The number of hydrogen-bond acceptors (Lipinski definition) is 2. The zero-order chi connectivity index (χ0) is 18.1. The maximum Gasteiger partial charge on any atom is 0.258 e. The summed E-state index contributed by atoms with van der Waals surface area (Å²) in [6.45, 7) is 0.792. The van der Waals surface area contributed by atoms with Crippen LogP contribution in [0.4, 0.5) is 25.8 Å². The Morgan fingerprint density at radius 3 is 2.46 bits per heavy atom. The maximum absolute atomic E-state index is 13.9. The number of halogens is 2. The molecule has 0 aliphatic carbocycles. The average molecular weight is 350 g/mol. The second-order valence-electron chi connectivity index (χ2n) is 6.10. The van der Waals surface area contributed by atoms with E-state index in [0.29, 0.717) is 5.69 Å². The van der Waals surface area contributed by atoms with Gasteiger partial charge in [0.2, 0.25) is 0 Å². The lowest BCUT2D eigenvalue weighted by Gasteiger charge is -2.23. The SMILES string of the molecule is O=C(Nc1ccccc1N1CCc2ccccc21)c1cccc(F)c1F. The molecule has 0 spiro atoms. The second-order valence-corrected chi connectivity index (χ2v) is 6.10. The number of nitrogens with one attached hydrogen (secondary N) is 1. The zero-order valence-corrected chi connectivity index (χ0v) is 13.9. The van der Waals surface area contributed by atoms with Gasteiger partial charge in [0, 0.05) is 12.2 Å². The third-order valence-electron chi connectivity index (χ3n) is 4.53. The van der Waals surface area contributed by atoms with Crippen LogP contribution in [0.15, 0.2) is 66.7 Å². The molecule has 5 heteroatoms. The minimum atomic E-state index is -1.14. The molecule has 3 nitrogen and oxygen atoms in total. The third-order valence-corrected chi connectivity index (χ3v) is 4.53. The summed E-state index contributed by atoms with van der Waals surface area (Å²) in [5.41, 5.74) is 3.39. The highest BCUT2D eigenvalue weighted by atomic mass is 19.2. The van der Waals surface area contributed by atoms with E-state index in [9.17, 15) is 13.6 Å². The second kappa shape index (κ2) is 6.59. The van der Waals surface area contributed by atoms with E-state index in [2.05, 4.69) is 16.3 Å². The fourth-order valence-electron chi connectivity index (χ4n) is 3.27. The van der Waals surface area contributed by atoms with Crippen LogP contribution in [0.3, 0.4) is 0 Å². The van der Waals surface area contributed by atoms with E-state index in [1.54, 1.807) is 12.1 Å². The lowest BCUT2D eigenvalue weighted by Crippen LogP contribution is -2.19. The Bertz CT molecular complexity index is 987. The minimum Gasteiger partial charge on any atom is -0.339 e. The maximum atomic E-state index is 13.9. The topological polar surface area (TPSA) is 32.3 Å². The fraction of sp³-hybridized carbons (Fsp3) is 0.0952. The molecule has 0 saturated carbocycles. The number of anilines is 3. The number of rotatable bonds is 3. The molecule has 1 heterocycles. The zero-order valence-electron chi connectivity index (χ0n) is 13.9. The molecular formula is C21H16F2N2O. The first-order valence-electron chi connectivity index (χ1n) is 8.35. The van der Waals surface area contributed by atoms with E-state index in [0.717, 1.165) is 30.4 Å². The lowest BCUT2D eigenvalue weighted by molar-refractivity contribution is 0.102. The van der Waals surface area contributed by atoms with Gasteiger partial charge in [0.1, 0.15) is 0 Å². The Hall–Kier alpha value is -3.21. The fourth-order valence-corrected chi connectivity index (χ4v) is 3.27. The van der Waals surface area contributed by atoms with Gasteiger partial charge in [-0.1, -0.05) is 36.4 Å². The van der Waals surface area contributed by atoms with Crippen LogP contribution in [0.1, 0.15) is 15.9 Å². The van der Waals surface area contributed by atoms with Gasteiger partial charge in [-0.3, -0.25) is 4.79 Å². The van der Waals surface area contributed by atoms with Crippen molar-refractivity contribution >= 4 is 23.0 Å². The Balaban J connectivity index is 1.67. The largest absolute Gasteiger partial charge is 0.339 e. The number of hydrogen-bond donors (Lipinski definition) is 1. The molecule has 1 N–H and O–H groups in total. The van der Waals surface area contributed by atoms with Gasteiger partial charge in [0.15, 0.2) is 11.6 Å². The highest BCUT2D eigenvalue weighted by Gasteiger charge is 2.23. The van der Waals surface area contributed by atoms with Crippen LogP contribution in [-0.4, -0.2) is 12.5 Å². The van der Waals surface area contributed by atoms with E-state index >= 15 is 0 Å². The van der Waals surface area contributed by atoms with Crippen LogP contribution in [0.25, 0.3) is 0 Å². The average Bonchev–Trinajstić information content (AvgIpc) is 3.08. The highest BCUT2D eigenvalue weighted by Crippen LogP contribution is 2.38. The van der Waals surface area contributed by atoms with E-state index in [1.807, 2.05) is 30.3 Å². The number of para-hydroxylation sites is 3. The molecule has 1 aliphatic rings. The monoisotopic (exact) mass is 350 g/mol. The van der Waals surface area contributed by atoms with Crippen molar-refractivity contribution in [1.82, 2.24) is 0 Å². The molecule has 0 radical (unpaired) electrons. The summed E-state index contributed by atoms with van der Waals surface area (Å²) in [5, 5.41) is 2.72. The van der Waals surface area contributed by atoms with Crippen molar-refractivity contribution in [3.05, 3.63) is 89.5 Å². The molecule has 1 aliphatic heterocycles. The van der Waals surface area contributed by atoms with Crippen molar-refractivity contribution < 1.29 is 13.6 Å². The number of amides is 1. The molecule has 0 aromatic heterocycles. The van der Waals surface area contributed by atoms with Gasteiger partial charge in [-0.25, -0.2) is 8.78 Å². The number of benzene rings is 3. The summed E-state index contributed by atoms with van der Waals surface area (Å²) in [6, 6.07) is 19.0. The normalized spacial score (nSPS) is 12.8. The molecule has 0 bridgehead atoms. The number of fused-ring (bicyclic) bond motifs is 1. The van der Waals surface area contributed by atoms with Gasteiger partial charge in [-0.15, -0.1) is 0 Å². The van der Waals surface area contributed by atoms with Crippen molar-refractivity contribution in [2.24, 2.45) is 0 Å². The first-order chi connectivity index (χ1) is 12.6. The van der Waals surface area contributed by atoms with Crippen molar-refractivity contribution in [2.45, 2.75) is 6.42 Å². The molecule has 0 unspecified atom stereocenters. The molecule has 4 rings (SSSR count). The summed E-state index contributed by atoms with van der Waals surface area (Å²) < 4.78 is 27.3. The van der Waals surface area contributed by atoms with Crippen molar-refractivity contribution in [2.75, 3.05) is 16.8 Å². The summed E-state index contributed by atoms with van der Waals surface area (Å²) in [6.07, 6.45) is 0.914. The molecule has 0 fully saturated rings. The van der Waals surface area contributed by atoms with Crippen LogP contribution < -0.4 is 10.2 Å². The first-order valence-corrected chi connectivity index (χ1v) is 8.35. The van der Waals surface area contributed by atoms with E-state index in [4.69, 9.17) is 0 Å². The van der Waals surface area contributed by atoms with E-state index < -0.39 is 17.5 Å². The van der Waals surface area contributed by atoms with E-state index in [1.165, 1.54) is 17.7 Å². The molecule has 1 amide bonds. The summed E-state index contributed by atoms with van der Waals surface area (Å²) in [5.74, 6) is -2.87.